The van der Waals surface area contributed by atoms with E-state index in [1.807, 2.05) is 37.3 Å². The van der Waals surface area contributed by atoms with Gasteiger partial charge in [0.05, 0.1) is 0 Å². The Balaban J connectivity index is 2.22. The lowest BCUT2D eigenvalue weighted by Gasteiger charge is -2.06. The van der Waals surface area contributed by atoms with E-state index in [-0.39, 0.29) is 0 Å². The molecule has 0 saturated heterocycles. The van der Waals surface area contributed by atoms with Crippen LogP contribution in [0.15, 0.2) is 42.5 Å². The number of benzene rings is 1. The minimum atomic E-state index is 0.886. The predicted molar refractivity (Wildman–Crippen MR) is 71.4 cm³/mol. The van der Waals surface area contributed by atoms with Crippen molar-refractivity contribution in [2.45, 2.75) is 6.92 Å². The van der Waals surface area contributed by atoms with Crippen LogP contribution < -0.4 is 5.32 Å². The fraction of sp³-hybridized carbons (Fsp3) is 0.0833. The molecule has 0 aliphatic rings. The van der Waals surface area contributed by atoms with Crippen LogP contribution in [-0.2, 0) is 0 Å². The summed E-state index contributed by atoms with van der Waals surface area (Å²) in [7, 11) is 0. The van der Waals surface area contributed by atoms with E-state index in [4.69, 9.17) is 0 Å². The number of aromatic nitrogens is 1. The highest BCUT2D eigenvalue weighted by Crippen LogP contribution is 2.17. The number of aryl methyl sites for hydroxylation is 1. The number of nitrogens with zero attached hydrogens (tertiary/aromatic N) is 1. The summed E-state index contributed by atoms with van der Waals surface area (Å²) in [6, 6.07) is 14.2. The maximum atomic E-state index is 4.38. The molecule has 15 heavy (non-hydrogen) atoms. The molecule has 0 aliphatic heterocycles. The minimum Gasteiger partial charge on any atom is -0.340 e. The molecule has 0 radical (unpaired) electrons. The number of halogens is 1. The lowest BCUT2D eigenvalue weighted by molar-refractivity contribution is 1.20. The molecule has 0 aliphatic carbocycles. The summed E-state index contributed by atoms with van der Waals surface area (Å²) < 4.78 is 1.21. The fourth-order valence-electron chi connectivity index (χ4n) is 1.33. The van der Waals surface area contributed by atoms with Gasteiger partial charge in [0.1, 0.15) is 5.82 Å². The van der Waals surface area contributed by atoms with Gasteiger partial charge in [0, 0.05) is 15.0 Å². The second kappa shape index (κ2) is 4.61. The molecule has 1 heterocycles. The number of hydrogen-bond donors (Lipinski definition) is 1. The molecular weight excluding hydrogens is 299 g/mol. The normalized spacial score (nSPS) is 10.0. The molecule has 1 aromatic heterocycles. The summed E-state index contributed by atoms with van der Waals surface area (Å²) in [5, 5.41) is 3.27. The summed E-state index contributed by atoms with van der Waals surface area (Å²) in [5.74, 6) is 0.886. The summed E-state index contributed by atoms with van der Waals surface area (Å²) in [4.78, 5) is 4.38. The second-order valence-corrected chi connectivity index (χ2v) is 4.55. The maximum Gasteiger partial charge on any atom is 0.130 e. The second-order valence-electron chi connectivity index (χ2n) is 3.30. The van der Waals surface area contributed by atoms with Gasteiger partial charge in [0.15, 0.2) is 0 Å². The lowest BCUT2D eigenvalue weighted by Crippen LogP contribution is -1.94. The van der Waals surface area contributed by atoms with Crippen molar-refractivity contribution in [2.75, 3.05) is 5.32 Å². The van der Waals surface area contributed by atoms with Gasteiger partial charge in [-0.25, -0.2) is 4.98 Å². The third-order valence-electron chi connectivity index (χ3n) is 1.99. The standard InChI is InChI=1S/C12H11IN2/c1-9-4-2-7-12(14-9)15-11-6-3-5-10(13)8-11/h2-8H,1H3,(H,14,15). The first-order chi connectivity index (χ1) is 7.24. The van der Waals surface area contributed by atoms with Crippen LogP contribution in [0.1, 0.15) is 5.69 Å². The molecule has 0 unspecified atom stereocenters. The molecule has 76 valence electrons. The average Bonchev–Trinajstić information content (AvgIpc) is 2.17. The van der Waals surface area contributed by atoms with Crippen LogP contribution in [0.25, 0.3) is 0 Å². The quantitative estimate of drug-likeness (QED) is 0.855. The van der Waals surface area contributed by atoms with Gasteiger partial charge in [-0.1, -0.05) is 12.1 Å². The molecule has 2 nitrogen and oxygen atoms in total. The molecule has 0 fully saturated rings. The van der Waals surface area contributed by atoms with Crippen molar-refractivity contribution in [3.8, 4) is 0 Å². The van der Waals surface area contributed by atoms with Crippen molar-refractivity contribution in [2.24, 2.45) is 0 Å². The Labute approximate surface area is 103 Å². The molecular formula is C12H11IN2. The smallest absolute Gasteiger partial charge is 0.130 e. The zero-order chi connectivity index (χ0) is 10.7. The fourth-order valence-corrected chi connectivity index (χ4v) is 1.87. The van der Waals surface area contributed by atoms with E-state index in [1.54, 1.807) is 0 Å². The molecule has 0 saturated carbocycles. The third-order valence-corrected chi connectivity index (χ3v) is 2.66. The molecule has 1 N–H and O–H groups in total. The van der Waals surface area contributed by atoms with Gasteiger partial charge in [0.2, 0.25) is 0 Å². The maximum absolute atomic E-state index is 4.38. The first kappa shape index (κ1) is 10.4. The van der Waals surface area contributed by atoms with Crippen LogP contribution in [0.4, 0.5) is 11.5 Å². The zero-order valence-corrected chi connectivity index (χ0v) is 10.5. The molecule has 2 rings (SSSR count). The van der Waals surface area contributed by atoms with Crippen LogP contribution in [-0.4, -0.2) is 4.98 Å². The Kier molecular flexibility index (Phi) is 3.20. The van der Waals surface area contributed by atoms with E-state index < -0.39 is 0 Å². The molecule has 2 aromatic rings. The predicted octanol–water partition coefficient (Wildman–Crippen LogP) is 3.74. The highest BCUT2D eigenvalue weighted by molar-refractivity contribution is 14.1. The number of nitrogens with one attached hydrogen (secondary N) is 1. The SMILES string of the molecule is Cc1cccc(Nc2cccc(I)c2)n1. The van der Waals surface area contributed by atoms with Gasteiger partial charge >= 0.3 is 0 Å². The van der Waals surface area contributed by atoms with Crippen molar-refractivity contribution in [3.63, 3.8) is 0 Å². The molecule has 1 aromatic carbocycles. The molecule has 0 atom stereocenters. The monoisotopic (exact) mass is 310 g/mol. The highest BCUT2D eigenvalue weighted by Gasteiger charge is 1.96. The van der Waals surface area contributed by atoms with Crippen LogP contribution >= 0.6 is 22.6 Å². The van der Waals surface area contributed by atoms with E-state index in [9.17, 15) is 0 Å². The van der Waals surface area contributed by atoms with E-state index in [0.717, 1.165) is 17.2 Å². The van der Waals surface area contributed by atoms with Crippen LogP contribution in [0.2, 0.25) is 0 Å². The van der Waals surface area contributed by atoms with Gasteiger partial charge in [-0.15, -0.1) is 0 Å². The Hall–Kier alpha value is -1.10. The van der Waals surface area contributed by atoms with E-state index in [0.29, 0.717) is 0 Å². The van der Waals surface area contributed by atoms with E-state index in [2.05, 4.69) is 45.0 Å². The van der Waals surface area contributed by atoms with Crippen molar-refractivity contribution in [1.29, 1.82) is 0 Å². The van der Waals surface area contributed by atoms with E-state index >= 15 is 0 Å². The van der Waals surface area contributed by atoms with E-state index in [1.165, 1.54) is 3.57 Å². The Morgan fingerprint density at radius 2 is 1.93 bits per heavy atom. The molecule has 0 bridgehead atoms. The van der Waals surface area contributed by atoms with Crippen molar-refractivity contribution >= 4 is 34.1 Å². The number of pyridine rings is 1. The minimum absolute atomic E-state index is 0.886. The van der Waals surface area contributed by atoms with Gasteiger partial charge in [-0.2, -0.15) is 0 Å². The Morgan fingerprint density at radius 1 is 1.13 bits per heavy atom. The zero-order valence-electron chi connectivity index (χ0n) is 8.37. The molecule has 3 heteroatoms. The van der Waals surface area contributed by atoms with Crippen LogP contribution in [0.3, 0.4) is 0 Å². The van der Waals surface area contributed by atoms with Crippen LogP contribution in [0, 0.1) is 10.5 Å². The number of hydrogen-bond acceptors (Lipinski definition) is 2. The summed E-state index contributed by atoms with van der Waals surface area (Å²) >= 11 is 2.29. The number of anilines is 2. The third kappa shape index (κ3) is 2.92. The number of rotatable bonds is 2. The Morgan fingerprint density at radius 3 is 2.67 bits per heavy atom. The molecule has 0 amide bonds. The van der Waals surface area contributed by atoms with Crippen LogP contribution in [0.5, 0.6) is 0 Å². The summed E-state index contributed by atoms with van der Waals surface area (Å²) in [6.45, 7) is 1.99. The molecule has 0 spiro atoms. The lowest BCUT2D eigenvalue weighted by atomic mass is 10.3. The van der Waals surface area contributed by atoms with Gasteiger partial charge in [-0.05, 0) is 59.8 Å². The van der Waals surface area contributed by atoms with Crippen molar-refractivity contribution < 1.29 is 0 Å². The summed E-state index contributed by atoms with van der Waals surface area (Å²) in [6.07, 6.45) is 0. The highest BCUT2D eigenvalue weighted by atomic mass is 127. The van der Waals surface area contributed by atoms with Crippen molar-refractivity contribution in [3.05, 3.63) is 51.7 Å². The first-order valence-corrected chi connectivity index (χ1v) is 5.78. The Bertz CT molecular complexity index is 425. The topological polar surface area (TPSA) is 24.9 Å². The largest absolute Gasteiger partial charge is 0.340 e. The first-order valence-electron chi connectivity index (χ1n) is 4.70. The average molecular weight is 310 g/mol. The van der Waals surface area contributed by atoms with Crippen molar-refractivity contribution in [1.82, 2.24) is 4.98 Å². The summed E-state index contributed by atoms with van der Waals surface area (Å²) in [5.41, 5.74) is 2.09. The van der Waals surface area contributed by atoms with Gasteiger partial charge in [0.25, 0.3) is 0 Å². The van der Waals surface area contributed by atoms with Gasteiger partial charge in [-0.3, -0.25) is 0 Å². The van der Waals surface area contributed by atoms with Gasteiger partial charge < -0.3 is 5.32 Å².